The van der Waals surface area contributed by atoms with Gasteiger partial charge in [-0.25, -0.2) is 0 Å². The van der Waals surface area contributed by atoms with Crippen molar-refractivity contribution in [2.75, 3.05) is 5.73 Å². The minimum atomic E-state index is 0.409. The summed E-state index contributed by atoms with van der Waals surface area (Å²) in [7, 11) is 0. The van der Waals surface area contributed by atoms with Crippen molar-refractivity contribution in [3.63, 3.8) is 0 Å². The molecule has 1 aliphatic carbocycles. The van der Waals surface area contributed by atoms with E-state index in [2.05, 4.69) is 5.16 Å². The summed E-state index contributed by atoms with van der Waals surface area (Å²) in [4.78, 5) is 0. The Balaban J connectivity index is 1.98. The van der Waals surface area contributed by atoms with Gasteiger partial charge in [-0.1, -0.05) is 54.6 Å². The molecule has 4 heteroatoms. The summed E-state index contributed by atoms with van der Waals surface area (Å²) in [5.74, 6) is 0.871. The van der Waals surface area contributed by atoms with Gasteiger partial charge in [-0.15, -0.1) is 0 Å². The second kappa shape index (κ2) is 5.88. The Bertz CT molecular complexity index is 569. The Kier molecular flexibility index (Phi) is 3.97. The Morgan fingerprint density at radius 1 is 1.05 bits per heavy atom. The lowest BCUT2D eigenvalue weighted by Gasteiger charge is -2.12. The first-order chi connectivity index (χ1) is 9.75. The van der Waals surface area contributed by atoms with Gasteiger partial charge < -0.3 is 10.3 Å². The van der Waals surface area contributed by atoms with Crippen LogP contribution in [-0.2, 0) is 0 Å². The van der Waals surface area contributed by atoms with E-state index in [4.69, 9.17) is 21.9 Å². The van der Waals surface area contributed by atoms with Gasteiger partial charge in [-0.2, -0.15) is 0 Å². The van der Waals surface area contributed by atoms with Crippen LogP contribution < -0.4 is 5.73 Å². The van der Waals surface area contributed by atoms with E-state index in [1.165, 1.54) is 38.5 Å². The average molecular weight is 291 g/mol. The molecule has 0 amide bonds. The molecule has 3 rings (SSSR count). The fourth-order valence-corrected chi connectivity index (χ4v) is 3.18. The van der Waals surface area contributed by atoms with Crippen LogP contribution in [0.25, 0.3) is 11.1 Å². The lowest BCUT2D eigenvalue weighted by atomic mass is 9.91. The van der Waals surface area contributed by atoms with Crippen LogP contribution in [0.2, 0.25) is 5.02 Å². The van der Waals surface area contributed by atoms with E-state index in [9.17, 15) is 0 Å². The molecule has 0 unspecified atom stereocenters. The number of anilines is 1. The first kappa shape index (κ1) is 13.5. The molecule has 1 aromatic carbocycles. The number of nitrogens with two attached hydrogens (primary N) is 1. The van der Waals surface area contributed by atoms with Crippen LogP contribution in [0.1, 0.15) is 50.1 Å². The average Bonchev–Trinajstić information content (AvgIpc) is 2.67. The van der Waals surface area contributed by atoms with Crippen molar-refractivity contribution < 1.29 is 4.52 Å². The summed E-state index contributed by atoms with van der Waals surface area (Å²) < 4.78 is 5.27. The highest BCUT2D eigenvalue weighted by molar-refractivity contribution is 6.30. The SMILES string of the molecule is Nc1onc(C2CCCCCC2)c1-c1ccc(Cl)cc1. The topological polar surface area (TPSA) is 52.0 Å². The molecule has 1 saturated carbocycles. The monoisotopic (exact) mass is 290 g/mol. The summed E-state index contributed by atoms with van der Waals surface area (Å²) in [6.07, 6.45) is 7.51. The molecule has 0 aliphatic heterocycles. The van der Waals surface area contributed by atoms with Crippen molar-refractivity contribution in [3.8, 4) is 11.1 Å². The third-order valence-electron chi connectivity index (χ3n) is 4.12. The Labute approximate surface area is 124 Å². The van der Waals surface area contributed by atoms with Crippen LogP contribution in [0, 0.1) is 0 Å². The number of benzene rings is 1. The number of nitrogens with zero attached hydrogens (tertiary/aromatic N) is 1. The molecule has 106 valence electrons. The number of halogens is 1. The summed E-state index contributed by atoms with van der Waals surface area (Å²) in [5, 5.41) is 4.97. The van der Waals surface area contributed by atoms with Gasteiger partial charge in [0.25, 0.3) is 0 Å². The molecule has 0 radical (unpaired) electrons. The number of nitrogen functional groups attached to an aromatic ring is 1. The van der Waals surface area contributed by atoms with Gasteiger partial charge in [0.05, 0.1) is 11.3 Å². The fraction of sp³-hybridized carbons (Fsp3) is 0.438. The summed E-state index contributed by atoms with van der Waals surface area (Å²) in [5.41, 5.74) is 9.00. The molecule has 3 nitrogen and oxygen atoms in total. The summed E-state index contributed by atoms with van der Waals surface area (Å²) in [6, 6.07) is 7.71. The molecule has 0 spiro atoms. The van der Waals surface area contributed by atoms with Gasteiger partial charge in [0.15, 0.2) is 0 Å². The van der Waals surface area contributed by atoms with Crippen LogP contribution in [-0.4, -0.2) is 5.16 Å². The van der Waals surface area contributed by atoms with Gasteiger partial charge >= 0.3 is 0 Å². The molecule has 1 aliphatic rings. The second-order valence-electron chi connectivity index (χ2n) is 5.50. The minimum absolute atomic E-state index is 0.409. The van der Waals surface area contributed by atoms with Crippen LogP contribution in [0.4, 0.5) is 5.88 Å². The van der Waals surface area contributed by atoms with Gasteiger partial charge in [0.2, 0.25) is 5.88 Å². The van der Waals surface area contributed by atoms with Crippen molar-refractivity contribution in [1.82, 2.24) is 5.16 Å². The van der Waals surface area contributed by atoms with Gasteiger partial charge in [0, 0.05) is 10.9 Å². The normalized spacial score (nSPS) is 17.1. The fourth-order valence-electron chi connectivity index (χ4n) is 3.05. The van der Waals surface area contributed by atoms with E-state index in [1.54, 1.807) is 0 Å². The maximum absolute atomic E-state index is 6.00. The van der Waals surface area contributed by atoms with Crippen LogP contribution >= 0.6 is 11.6 Å². The molecule has 0 atom stereocenters. The quantitative estimate of drug-likeness (QED) is 0.791. The van der Waals surface area contributed by atoms with Gasteiger partial charge in [0.1, 0.15) is 0 Å². The van der Waals surface area contributed by atoms with E-state index in [0.29, 0.717) is 11.8 Å². The highest BCUT2D eigenvalue weighted by Crippen LogP contribution is 2.39. The third kappa shape index (κ3) is 2.68. The zero-order valence-electron chi connectivity index (χ0n) is 11.4. The largest absolute Gasteiger partial charge is 0.367 e. The maximum Gasteiger partial charge on any atom is 0.230 e. The molecule has 0 saturated heterocycles. The zero-order valence-corrected chi connectivity index (χ0v) is 12.2. The highest BCUT2D eigenvalue weighted by Gasteiger charge is 2.24. The third-order valence-corrected chi connectivity index (χ3v) is 4.37. The molecule has 1 heterocycles. The number of aromatic nitrogens is 1. The molecular weight excluding hydrogens is 272 g/mol. The van der Waals surface area contributed by atoms with Crippen molar-refractivity contribution in [3.05, 3.63) is 35.0 Å². The molecule has 1 fully saturated rings. The molecule has 2 N–H and O–H groups in total. The van der Waals surface area contributed by atoms with Crippen molar-refractivity contribution in [2.45, 2.75) is 44.4 Å². The van der Waals surface area contributed by atoms with E-state index in [-0.39, 0.29) is 0 Å². The molecule has 20 heavy (non-hydrogen) atoms. The van der Waals surface area contributed by atoms with E-state index >= 15 is 0 Å². The standard InChI is InChI=1S/C16H19ClN2O/c17-13-9-7-11(8-10-13)14-15(19-20-16(14)18)12-5-3-1-2-4-6-12/h7-10,12H,1-6,18H2. The first-order valence-corrected chi connectivity index (χ1v) is 7.64. The predicted molar refractivity (Wildman–Crippen MR) is 81.8 cm³/mol. The summed E-state index contributed by atoms with van der Waals surface area (Å²) in [6.45, 7) is 0. The first-order valence-electron chi connectivity index (χ1n) is 7.26. The van der Waals surface area contributed by atoms with E-state index < -0.39 is 0 Å². The zero-order chi connectivity index (χ0) is 13.9. The smallest absolute Gasteiger partial charge is 0.230 e. The minimum Gasteiger partial charge on any atom is -0.367 e. The van der Waals surface area contributed by atoms with Crippen LogP contribution in [0.5, 0.6) is 0 Å². The molecule has 1 aromatic heterocycles. The lowest BCUT2D eigenvalue weighted by molar-refractivity contribution is 0.413. The number of hydrogen-bond acceptors (Lipinski definition) is 3. The lowest BCUT2D eigenvalue weighted by Crippen LogP contribution is -2.00. The van der Waals surface area contributed by atoms with Crippen molar-refractivity contribution in [1.29, 1.82) is 0 Å². The molecule has 2 aromatic rings. The Hall–Kier alpha value is -1.48. The highest BCUT2D eigenvalue weighted by atomic mass is 35.5. The van der Waals surface area contributed by atoms with Gasteiger partial charge in [-0.05, 0) is 30.5 Å². The van der Waals surface area contributed by atoms with Crippen molar-refractivity contribution >= 4 is 17.5 Å². The number of rotatable bonds is 2. The van der Waals surface area contributed by atoms with Crippen molar-refractivity contribution in [2.24, 2.45) is 0 Å². The molecular formula is C16H19ClN2O. The Morgan fingerprint density at radius 2 is 1.70 bits per heavy atom. The maximum atomic E-state index is 6.00. The van der Waals surface area contributed by atoms with E-state index in [1.807, 2.05) is 24.3 Å². The second-order valence-corrected chi connectivity index (χ2v) is 5.94. The van der Waals surface area contributed by atoms with Gasteiger partial charge in [-0.3, -0.25) is 0 Å². The van der Waals surface area contributed by atoms with Crippen LogP contribution in [0.15, 0.2) is 28.8 Å². The van der Waals surface area contributed by atoms with E-state index in [0.717, 1.165) is 21.8 Å². The Morgan fingerprint density at radius 3 is 2.35 bits per heavy atom. The predicted octanol–water partition coefficient (Wildman–Crippen LogP) is 5.02. The molecule has 0 bridgehead atoms. The van der Waals surface area contributed by atoms with Crippen LogP contribution in [0.3, 0.4) is 0 Å². The summed E-state index contributed by atoms with van der Waals surface area (Å²) >= 11 is 5.95. The number of hydrogen-bond donors (Lipinski definition) is 1.